The van der Waals surface area contributed by atoms with Crippen LogP contribution in [0.25, 0.3) is 0 Å². The first-order chi connectivity index (χ1) is 5.74. The molecule has 0 heterocycles. The molecule has 12 heavy (non-hydrogen) atoms. The SMILES string of the molecule is N#CC(=S)Nc1ccccc1F. The second kappa shape index (κ2) is 3.79. The summed E-state index contributed by atoms with van der Waals surface area (Å²) < 4.78 is 12.9. The maximum Gasteiger partial charge on any atom is 0.182 e. The van der Waals surface area contributed by atoms with Crippen molar-refractivity contribution in [1.82, 2.24) is 0 Å². The van der Waals surface area contributed by atoms with Crippen LogP contribution >= 0.6 is 12.2 Å². The van der Waals surface area contributed by atoms with Gasteiger partial charge in [-0.2, -0.15) is 5.26 Å². The zero-order valence-corrected chi connectivity index (χ0v) is 6.86. The van der Waals surface area contributed by atoms with Crippen molar-refractivity contribution in [2.75, 3.05) is 5.32 Å². The van der Waals surface area contributed by atoms with Gasteiger partial charge in [-0.1, -0.05) is 12.1 Å². The Labute approximate surface area is 74.6 Å². The Hall–Kier alpha value is -1.47. The molecule has 1 aromatic rings. The maximum absolute atomic E-state index is 12.9. The van der Waals surface area contributed by atoms with Crippen LogP contribution < -0.4 is 5.32 Å². The fourth-order valence-electron chi connectivity index (χ4n) is 0.713. The van der Waals surface area contributed by atoms with E-state index >= 15 is 0 Å². The molecule has 0 radical (unpaired) electrons. The van der Waals surface area contributed by atoms with Gasteiger partial charge in [-0.25, -0.2) is 4.39 Å². The van der Waals surface area contributed by atoms with Crippen LogP contribution in [-0.4, -0.2) is 4.99 Å². The summed E-state index contributed by atoms with van der Waals surface area (Å²) in [6.07, 6.45) is 0. The molecule has 0 aliphatic rings. The Balaban J connectivity index is 2.84. The van der Waals surface area contributed by atoms with Gasteiger partial charge in [0.05, 0.1) is 5.69 Å². The van der Waals surface area contributed by atoms with E-state index in [0.717, 1.165) is 0 Å². The molecule has 60 valence electrons. The van der Waals surface area contributed by atoms with Gasteiger partial charge >= 0.3 is 0 Å². The minimum Gasteiger partial charge on any atom is -0.335 e. The molecule has 0 saturated heterocycles. The lowest BCUT2D eigenvalue weighted by atomic mass is 10.3. The van der Waals surface area contributed by atoms with Crippen molar-refractivity contribution >= 4 is 22.9 Å². The van der Waals surface area contributed by atoms with Crippen molar-refractivity contribution in [1.29, 1.82) is 5.26 Å². The Morgan fingerprint density at radius 3 is 2.75 bits per heavy atom. The molecule has 0 unspecified atom stereocenters. The molecule has 0 spiro atoms. The molecular formula is C8H5FN2S. The number of rotatable bonds is 1. The Morgan fingerprint density at radius 2 is 2.17 bits per heavy atom. The molecule has 0 aliphatic heterocycles. The molecule has 1 rings (SSSR count). The van der Waals surface area contributed by atoms with Crippen LogP contribution in [0.4, 0.5) is 10.1 Å². The minimum absolute atomic E-state index is 0.0416. The molecule has 1 N–H and O–H groups in total. The van der Waals surface area contributed by atoms with Crippen molar-refractivity contribution in [3.05, 3.63) is 30.1 Å². The quantitative estimate of drug-likeness (QED) is 0.672. The van der Waals surface area contributed by atoms with Crippen LogP contribution in [0.3, 0.4) is 0 Å². The van der Waals surface area contributed by atoms with Gasteiger partial charge in [0.15, 0.2) is 4.99 Å². The van der Waals surface area contributed by atoms with E-state index in [1.54, 1.807) is 18.2 Å². The van der Waals surface area contributed by atoms with Crippen LogP contribution in [0.2, 0.25) is 0 Å². The summed E-state index contributed by atoms with van der Waals surface area (Å²) in [4.78, 5) is -0.0416. The Bertz CT molecular complexity index is 343. The number of thiocarbonyl (C=S) groups is 1. The summed E-state index contributed by atoms with van der Waals surface area (Å²) in [5, 5.41) is 10.8. The first-order valence-corrected chi connectivity index (χ1v) is 3.60. The number of para-hydroxylation sites is 1. The third-order valence-electron chi connectivity index (χ3n) is 1.22. The third-order valence-corrected chi connectivity index (χ3v) is 1.42. The van der Waals surface area contributed by atoms with E-state index in [1.165, 1.54) is 12.1 Å². The Kier molecular flexibility index (Phi) is 2.72. The average molecular weight is 180 g/mol. The van der Waals surface area contributed by atoms with Gasteiger partial charge in [0.1, 0.15) is 11.9 Å². The van der Waals surface area contributed by atoms with E-state index in [9.17, 15) is 4.39 Å². The van der Waals surface area contributed by atoms with E-state index < -0.39 is 5.82 Å². The monoisotopic (exact) mass is 180 g/mol. The van der Waals surface area contributed by atoms with Crippen LogP contribution in [-0.2, 0) is 0 Å². The highest BCUT2D eigenvalue weighted by molar-refractivity contribution is 7.81. The summed E-state index contributed by atoms with van der Waals surface area (Å²) in [6.45, 7) is 0. The molecule has 1 aromatic carbocycles. The van der Waals surface area contributed by atoms with Crippen LogP contribution in [0, 0.1) is 17.1 Å². The fourth-order valence-corrected chi connectivity index (χ4v) is 0.823. The molecule has 2 nitrogen and oxygen atoms in total. The van der Waals surface area contributed by atoms with Gasteiger partial charge in [0.2, 0.25) is 0 Å². The number of hydrogen-bond donors (Lipinski definition) is 1. The molecule has 0 fully saturated rings. The molecule has 0 atom stereocenters. The molecular weight excluding hydrogens is 175 g/mol. The Morgan fingerprint density at radius 1 is 1.50 bits per heavy atom. The highest BCUT2D eigenvalue weighted by Crippen LogP contribution is 2.11. The second-order valence-corrected chi connectivity index (χ2v) is 2.45. The number of nitriles is 1. The predicted octanol–water partition coefficient (Wildman–Crippen LogP) is 2.09. The van der Waals surface area contributed by atoms with Crippen LogP contribution in [0.15, 0.2) is 24.3 Å². The standard InChI is InChI=1S/C8H5FN2S/c9-6-3-1-2-4-7(6)11-8(12)5-10/h1-4H,(H,11,12). The van der Waals surface area contributed by atoms with Gasteiger partial charge in [-0.15, -0.1) is 0 Å². The van der Waals surface area contributed by atoms with Crippen molar-refractivity contribution in [2.45, 2.75) is 0 Å². The normalized spacial score (nSPS) is 8.67. The summed E-state index contributed by atoms with van der Waals surface area (Å²) in [6, 6.07) is 7.72. The molecule has 0 amide bonds. The topological polar surface area (TPSA) is 35.8 Å². The van der Waals surface area contributed by atoms with E-state index in [1.807, 2.05) is 0 Å². The van der Waals surface area contributed by atoms with Crippen molar-refractivity contribution in [3.63, 3.8) is 0 Å². The molecule has 0 bridgehead atoms. The number of halogens is 1. The number of benzene rings is 1. The summed E-state index contributed by atoms with van der Waals surface area (Å²) in [5.41, 5.74) is 0.226. The number of nitrogens with zero attached hydrogens (tertiary/aromatic N) is 1. The third kappa shape index (κ3) is 2.01. The van der Waals surface area contributed by atoms with Crippen LogP contribution in [0.5, 0.6) is 0 Å². The fraction of sp³-hybridized carbons (Fsp3) is 0. The summed E-state index contributed by atoms with van der Waals surface area (Å²) in [5.74, 6) is -0.421. The van der Waals surface area contributed by atoms with E-state index in [-0.39, 0.29) is 10.7 Å². The van der Waals surface area contributed by atoms with E-state index in [4.69, 9.17) is 5.26 Å². The molecule has 0 aromatic heterocycles. The van der Waals surface area contributed by atoms with Crippen molar-refractivity contribution < 1.29 is 4.39 Å². The number of nitrogens with one attached hydrogen (secondary N) is 1. The van der Waals surface area contributed by atoms with Gasteiger partial charge in [-0.05, 0) is 24.4 Å². The molecule has 0 aliphatic carbocycles. The zero-order valence-electron chi connectivity index (χ0n) is 6.04. The van der Waals surface area contributed by atoms with Crippen molar-refractivity contribution in [2.24, 2.45) is 0 Å². The largest absolute Gasteiger partial charge is 0.335 e. The lowest BCUT2D eigenvalue weighted by Gasteiger charge is -2.01. The minimum atomic E-state index is -0.421. The van der Waals surface area contributed by atoms with Gasteiger partial charge < -0.3 is 5.32 Å². The average Bonchev–Trinajstić information content (AvgIpc) is 2.09. The highest BCUT2D eigenvalue weighted by Gasteiger charge is 2.00. The van der Waals surface area contributed by atoms with Gasteiger partial charge in [0.25, 0.3) is 0 Å². The zero-order chi connectivity index (χ0) is 8.97. The second-order valence-electron chi connectivity index (χ2n) is 2.05. The highest BCUT2D eigenvalue weighted by atomic mass is 32.1. The molecule has 0 saturated carbocycles. The summed E-state index contributed by atoms with van der Waals surface area (Å²) in [7, 11) is 0. The maximum atomic E-state index is 12.9. The first-order valence-electron chi connectivity index (χ1n) is 3.19. The van der Waals surface area contributed by atoms with Crippen LogP contribution in [0.1, 0.15) is 0 Å². The molecule has 4 heteroatoms. The predicted molar refractivity (Wildman–Crippen MR) is 48.2 cm³/mol. The lowest BCUT2D eigenvalue weighted by molar-refractivity contribution is 0.632. The summed E-state index contributed by atoms with van der Waals surface area (Å²) >= 11 is 4.56. The van der Waals surface area contributed by atoms with Crippen molar-refractivity contribution in [3.8, 4) is 6.07 Å². The van der Waals surface area contributed by atoms with E-state index in [0.29, 0.717) is 0 Å². The number of anilines is 1. The van der Waals surface area contributed by atoms with Gasteiger partial charge in [-0.3, -0.25) is 0 Å². The smallest absolute Gasteiger partial charge is 0.182 e. The van der Waals surface area contributed by atoms with Gasteiger partial charge in [0, 0.05) is 0 Å². The first kappa shape index (κ1) is 8.62. The lowest BCUT2D eigenvalue weighted by Crippen LogP contribution is -2.06. The van der Waals surface area contributed by atoms with E-state index in [2.05, 4.69) is 17.5 Å². The number of hydrogen-bond acceptors (Lipinski definition) is 2.